The minimum absolute atomic E-state index is 0.0186. The average molecular weight is 476 g/mol. The molecule has 2 aromatic carbocycles. The molecule has 1 unspecified atom stereocenters. The predicted molar refractivity (Wildman–Crippen MR) is 130 cm³/mol. The van der Waals surface area contributed by atoms with Gasteiger partial charge in [-0.15, -0.1) is 11.8 Å². The molecule has 3 aromatic rings. The number of aromatic nitrogens is 1. The van der Waals surface area contributed by atoms with Gasteiger partial charge in [-0.1, -0.05) is 30.3 Å². The first-order valence-electron chi connectivity index (χ1n) is 11.6. The Hall–Kier alpha value is -3.39. The first-order valence-corrected chi connectivity index (χ1v) is 12.6. The van der Waals surface area contributed by atoms with Crippen molar-refractivity contribution in [1.29, 1.82) is 0 Å². The molecule has 1 amide bonds. The molecular weight excluding hydrogens is 450 g/mol. The zero-order valence-electron chi connectivity index (χ0n) is 18.6. The molecule has 0 saturated carbocycles. The van der Waals surface area contributed by atoms with Crippen molar-refractivity contribution in [3.63, 3.8) is 0 Å². The van der Waals surface area contributed by atoms with Crippen LogP contribution in [0.4, 0.5) is 0 Å². The fraction of sp³-hybridized carbons (Fsp3) is 0.308. The largest absolute Gasteiger partial charge is 0.502 e. The molecule has 0 spiro atoms. The van der Waals surface area contributed by atoms with Gasteiger partial charge in [-0.2, -0.15) is 0 Å². The van der Waals surface area contributed by atoms with Gasteiger partial charge in [0.05, 0.1) is 6.61 Å². The lowest BCUT2D eigenvalue weighted by Gasteiger charge is -2.44. The number of aromatic hydroxyl groups is 1. The third kappa shape index (κ3) is 3.36. The molecule has 6 rings (SSSR count). The minimum Gasteiger partial charge on any atom is -0.502 e. The highest BCUT2D eigenvalue weighted by Gasteiger charge is 2.39. The summed E-state index contributed by atoms with van der Waals surface area (Å²) in [7, 11) is 0. The summed E-state index contributed by atoms with van der Waals surface area (Å²) in [5, 5.41) is 12.8. The molecule has 0 saturated heterocycles. The number of benzene rings is 2. The maximum absolute atomic E-state index is 13.4. The lowest BCUT2D eigenvalue weighted by Crippen LogP contribution is -2.55. The highest BCUT2D eigenvalue weighted by molar-refractivity contribution is 7.98. The molecule has 0 radical (unpaired) electrons. The predicted octanol–water partition coefficient (Wildman–Crippen LogP) is 3.86. The third-order valence-electron chi connectivity index (χ3n) is 6.79. The van der Waals surface area contributed by atoms with Crippen LogP contribution in [0, 0.1) is 0 Å². The van der Waals surface area contributed by atoms with Crippen LogP contribution in [0.25, 0.3) is 0 Å². The Balaban J connectivity index is 1.65. The van der Waals surface area contributed by atoms with Gasteiger partial charge in [-0.3, -0.25) is 19.3 Å². The summed E-state index contributed by atoms with van der Waals surface area (Å²) >= 11 is 1.79. The van der Waals surface area contributed by atoms with Crippen LogP contribution in [0.2, 0.25) is 0 Å². The SMILES string of the molecule is O=C1c2c(O)c(=O)ccn2N2CN1CCCCCOc1cccc3c1C2c1ccccc1SC3. The van der Waals surface area contributed by atoms with Crippen LogP contribution >= 0.6 is 11.8 Å². The lowest BCUT2D eigenvalue weighted by atomic mass is 9.93. The molecule has 174 valence electrons. The first kappa shape index (κ1) is 21.2. The van der Waals surface area contributed by atoms with Crippen molar-refractivity contribution in [2.45, 2.75) is 36.0 Å². The van der Waals surface area contributed by atoms with Gasteiger partial charge in [0, 0.05) is 35.0 Å². The summed E-state index contributed by atoms with van der Waals surface area (Å²) < 4.78 is 8.01. The molecular formula is C26H25N3O4S. The molecule has 1 aromatic heterocycles. The molecule has 1 N–H and O–H groups in total. The summed E-state index contributed by atoms with van der Waals surface area (Å²) in [5.74, 6) is 0.828. The maximum atomic E-state index is 13.4. The van der Waals surface area contributed by atoms with E-state index in [0.29, 0.717) is 19.8 Å². The Bertz CT molecular complexity index is 1340. The summed E-state index contributed by atoms with van der Waals surface area (Å²) in [4.78, 5) is 28.6. The van der Waals surface area contributed by atoms with Gasteiger partial charge in [-0.25, -0.2) is 0 Å². The van der Waals surface area contributed by atoms with Crippen LogP contribution in [-0.2, 0) is 5.75 Å². The van der Waals surface area contributed by atoms with Gasteiger partial charge >= 0.3 is 0 Å². The molecule has 8 heteroatoms. The Kier molecular flexibility index (Phi) is 5.25. The second-order valence-corrected chi connectivity index (χ2v) is 9.86. The van der Waals surface area contributed by atoms with E-state index in [1.54, 1.807) is 27.5 Å². The van der Waals surface area contributed by atoms with Crippen molar-refractivity contribution in [1.82, 2.24) is 9.58 Å². The van der Waals surface area contributed by atoms with Gasteiger partial charge in [-0.05, 0) is 42.5 Å². The van der Waals surface area contributed by atoms with E-state index in [1.807, 2.05) is 24.3 Å². The Morgan fingerprint density at radius 3 is 2.79 bits per heavy atom. The monoisotopic (exact) mass is 475 g/mol. The van der Waals surface area contributed by atoms with Gasteiger partial charge in [0.2, 0.25) is 5.43 Å². The highest BCUT2D eigenvalue weighted by atomic mass is 32.2. The maximum Gasteiger partial charge on any atom is 0.277 e. The van der Waals surface area contributed by atoms with Gasteiger partial charge in [0.25, 0.3) is 5.91 Å². The molecule has 7 nitrogen and oxygen atoms in total. The van der Waals surface area contributed by atoms with Crippen molar-refractivity contribution in [2.75, 3.05) is 24.8 Å². The minimum atomic E-state index is -0.552. The second kappa shape index (κ2) is 8.43. The van der Waals surface area contributed by atoms with Crippen LogP contribution in [-0.4, -0.2) is 40.4 Å². The summed E-state index contributed by atoms with van der Waals surface area (Å²) in [6.45, 7) is 1.51. The molecule has 0 aliphatic carbocycles. The molecule has 4 heterocycles. The van der Waals surface area contributed by atoms with Crippen molar-refractivity contribution < 1.29 is 14.6 Å². The molecule has 3 aliphatic heterocycles. The Labute approximate surface area is 201 Å². The zero-order chi connectivity index (χ0) is 23.2. The number of fused-ring (bicyclic) bond motifs is 7. The summed E-state index contributed by atoms with van der Waals surface area (Å²) in [6, 6.07) is 15.6. The van der Waals surface area contributed by atoms with Gasteiger partial charge in [0.1, 0.15) is 18.5 Å². The van der Waals surface area contributed by atoms with Crippen molar-refractivity contribution in [3.8, 4) is 11.5 Å². The molecule has 1 atom stereocenters. The zero-order valence-corrected chi connectivity index (χ0v) is 19.5. The molecule has 3 aliphatic rings. The first-order chi connectivity index (χ1) is 16.6. The molecule has 34 heavy (non-hydrogen) atoms. The van der Waals surface area contributed by atoms with E-state index < -0.39 is 11.2 Å². The van der Waals surface area contributed by atoms with E-state index in [4.69, 9.17) is 4.74 Å². The fourth-order valence-electron chi connectivity index (χ4n) is 5.14. The van der Waals surface area contributed by atoms with E-state index in [0.717, 1.165) is 46.8 Å². The number of hydrogen-bond acceptors (Lipinski definition) is 6. The Morgan fingerprint density at radius 1 is 1.00 bits per heavy atom. The van der Waals surface area contributed by atoms with Crippen molar-refractivity contribution in [3.05, 3.63) is 87.3 Å². The van der Waals surface area contributed by atoms with Crippen LogP contribution < -0.4 is 15.2 Å². The van der Waals surface area contributed by atoms with Crippen LogP contribution in [0.15, 0.2) is 64.4 Å². The number of amides is 1. The number of thioether (sulfide) groups is 1. The number of nitrogens with zero attached hydrogens (tertiary/aromatic N) is 3. The number of carbonyl (C=O) groups is 1. The summed E-state index contributed by atoms with van der Waals surface area (Å²) in [6.07, 6.45) is 4.24. The topological polar surface area (TPSA) is 75.0 Å². The molecule has 0 fully saturated rings. The number of carbonyl (C=O) groups excluding carboxylic acids is 1. The van der Waals surface area contributed by atoms with E-state index in [9.17, 15) is 14.7 Å². The molecule has 2 bridgehead atoms. The lowest BCUT2D eigenvalue weighted by molar-refractivity contribution is 0.0674. The number of pyridine rings is 1. The fourth-order valence-corrected chi connectivity index (χ4v) is 6.22. The van der Waals surface area contributed by atoms with E-state index in [1.165, 1.54) is 11.6 Å². The van der Waals surface area contributed by atoms with E-state index in [2.05, 4.69) is 23.2 Å². The van der Waals surface area contributed by atoms with Gasteiger partial charge < -0.3 is 14.7 Å². The quantitative estimate of drug-likeness (QED) is 0.532. The van der Waals surface area contributed by atoms with E-state index >= 15 is 0 Å². The summed E-state index contributed by atoms with van der Waals surface area (Å²) in [5.41, 5.74) is 2.82. The highest BCUT2D eigenvalue weighted by Crippen LogP contribution is 2.46. The number of rotatable bonds is 0. The number of ether oxygens (including phenoxy) is 1. The Morgan fingerprint density at radius 2 is 1.88 bits per heavy atom. The average Bonchev–Trinajstić information content (AvgIpc) is 3.01. The van der Waals surface area contributed by atoms with Crippen LogP contribution in [0.1, 0.15) is 52.5 Å². The van der Waals surface area contributed by atoms with Crippen LogP contribution in [0.5, 0.6) is 11.5 Å². The smallest absolute Gasteiger partial charge is 0.277 e. The van der Waals surface area contributed by atoms with Crippen molar-refractivity contribution in [2.24, 2.45) is 0 Å². The second-order valence-electron chi connectivity index (χ2n) is 8.84. The number of hydrogen-bond donors (Lipinski definition) is 1. The standard InChI is InChI=1S/C26H25N3O4S/c30-19-11-13-28-24(25(19)31)26(32)27-12-4-1-5-14-33-20-9-6-7-17-15-34-21-10-3-2-8-18(21)23(22(17)20)29(28)16-27/h2-3,6-11,13,23,31H,1,4-5,12,14-16H2. The van der Waals surface area contributed by atoms with Crippen molar-refractivity contribution >= 4 is 17.7 Å². The normalized spacial score (nSPS) is 19.5. The van der Waals surface area contributed by atoms with E-state index in [-0.39, 0.29) is 17.6 Å². The van der Waals surface area contributed by atoms with Crippen LogP contribution in [0.3, 0.4) is 0 Å². The third-order valence-corrected chi connectivity index (χ3v) is 7.93. The van der Waals surface area contributed by atoms with Gasteiger partial charge in [0.15, 0.2) is 11.4 Å².